The summed E-state index contributed by atoms with van der Waals surface area (Å²) in [7, 11) is 0. The zero-order valence-corrected chi connectivity index (χ0v) is 23.0. The van der Waals surface area contributed by atoms with E-state index in [-0.39, 0.29) is 11.6 Å². The minimum Gasteiger partial charge on any atom is -0.326 e. The van der Waals surface area contributed by atoms with Gasteiger partial charge in [0.15, 0.2) is 0 Å². The molecule has 1 aliphatic carbocycles. The van der Waals surface area contributed by atoms with Crippen LogP contribution < -0.4 is 5.76 Å². The number of halogens is 2. The second kappa shape index (κ2) is 10.9. The first-order chi connectivity index (χ1) is 19.4. The number of rotatable bonds is 7. The van der Waals surface area contributed by atoms with Crippen LogP contribution in [0.2, 0.25) is 5.02 Å². The summed E-state index contributed by atoms with van der Waals surface area (Å²) in [6.45, 7) is 4.92. The Hall–Kier alpha value is -3.92. The summed E-state index contributed by atoms with van der Waals surface area (Å²) >= 11 is 6.34. The minimum atomic E-state index is -0.685. The molecule has 6 rings (SSSR count). The lowest BCUT2D eigenvalue weighted by Crippen LogP contribution is -2.17. The number of H-pyrrole nitrogens is 1. The molecule has 1 atom stereocenters. The van der Waals surface area contributed by atoms with Gasteiger partial charge in [-0.15, -0.1) is 0 Å². The fourth-order valence-electron chi connectivity index (χ4n) is 5.70. The second-order valence-corrected chi connectivity index (χ2v) is 11.1. The third-order valence-electron chi connectivity index (χ3n) is 7.90. The van der Waals surface area contributed by atoms with E-state index >= 15 is 0 Å². The lowest BCUT2D eigenvalue weighted by molar-refractivity contribution is 0.268. The molecule has 9 nitrogen and oxygen atoms in total. The number of fused-ring (bicyclic) bond motifs is 1. The third-order valence-corrected chi connectivity index (χ3v) is 8.10. The van der Waals surface area contributed by atoms with Gasteiger partial charge in [0.1, 0.15) is 17.3 Å². The average molecular weight is 562 g/mol. The van der Waals surface area contributed by atoms with E-state index in [1.165, 1.54) is 31.7 Å². The maximum Gasteiger partial charge on any atom is 0.439 e. The van der Waals surface area contributed by atoms with Crippen LogP contribution in [0.3, 0.4) is 0 Å². The Bertz CT molecular complexity index is 1720. The molecule has 5 aromatic heterocycles. The first-order valence-electron chi connectivity index (χ1n) is 13.6. The Morgan fingerprint density at radius 3 is 2.75 bits per heavy atom. The van der Waals surface area contributed by atoms with Gasteiger partial charge in [0, 0.05) is 30.7 Å². The lowest BCUT2D eigenvalue weighted by atomic mass is 9.81. The second-order valence-electron chi connectivity index (χ2n) is 10.7. The van der Waals surface area contributed by atoms with E-state index in [1.807, 2.05) is 6.92 Å². The molecular weight excluding hydrogens is 533 g/mol. The smallest absolute Gasteiger partial charge is 0.326 e. The summed E-state index contributed by atoms with van der Waals surface area (Å²) in [6, 6.07) is 6.54. The molecule has 11 heteroatoms. The number of imidazole rings is 1. The number of hydrogen-bond donors (Lipinski definition) is 1. The standard InChI is InChI=1S/C29H29ClFN7O2/c1-16-5-7-18(8-6-16)9-11-38-26-22(35-28(38)17(2)24-21(31)4-3-10-33-24)13-23(27-36-29(39)40-37-27)34-25(26)19-12-20(30)15-32-14-19/h3-4,10,12-18H,5-9,11H2,1-2H3,(H,36,37,39). The zero-order valence-electron chi connectivity index (χ0n) is 22.3. The Morgan fingerprint density at radius 1 is 1.20 bits per heavy atom. The van der Waals surface area contributed by atoms with Gasteiger partial charge in [0.2, 0.25) is 5.82 Å². The van der Waals surface area contributed by atoms with Crippen molar-refractivity contribution < 1.29 is 8.91 Å². The zero-order chi connectivity index (χ0) is 27.8. The average Bonchev–Trinajstić information content (AvgIpc) is 3.55. The van der Waals surface area contributed by atoms with Crippen molar-refractivity contribution in [2.75, 3.05) is 0 Å². The van der Waals surface area contributed by atoms with Crippen LogP contribution in [0.25, 0.3) is 33.8 Å². The number of pyridine rings is 3. The van der Waals surface area contributed by atoms with Crippen molar-refractivity contribution in [2.45, 2.75) is 58.4 Å². The number of aromatic amines is 1. The van der Waals surface area contributed by atoms with Crippen molar-refractivity contribution in [3.63, 3.8) is 0 Å². The van der Waals surface area contributed by atoms with E-state index < -0.39 is 11.7 Å². The highest BCUT2D eigenvalue weighted by molar-refractivity contribution is 6.30. The van der Waals surface area contributed by atoms with Crippen LogP contribution in [0.4, 0.5) is 4.39 Å². The Balaban J connectivity index is 1.55. The van der Waals surface area contributed by atoms with Gasteiger partial charge in [-0.25, -0.2) is 19.2 Å². The molecular formula is C29H29ClFN7O2. The SMILES string of the molecule is CC1CCC(CCn2c(C(C)c3ncccc3F)nc3cc(-c4noc(=O)[nH]4)nc(-c4cncc(Cl)c4)c32)CC1. The van der Waals surface area contributed by atoms with Gasteiger partial charge in [0.05, 0.1) is 33.4 Å². The molecule has 206 valence electrons. The van der Waals surface area contributed by atoms with Gasteiger partial charge < -0.3 is 4.57 Å². The highest BCUT2D eigenvalue weighted by Crippen LogP contribution is 2.37. The number of aromatic nitrogens is 7. The van der Waals surface area contributed by atoms with Gasteiger partial charge in [-0.1, -0.05) is 49.4 Å². The van der Waals surface area contributed by atoms with Crippen molar-refractivity contribution in [2.24, 2.45) is 11.8 Å². The van der Waals surface area contributed by atoms with Crippen molar-refractivity contribution in [1.29, 1.82) is 0 Å². The fourth-order valence-corrected chi connectivity index (χ4v) is 5.88. The van der Waals surface area contributed by atoms with E-state index in [1.54, 1.807) is 36.8 Å². The first-order valence-corrected chi connectivity index (χ1v) is 13.9. The van der Waals surface area contributed by atoms with Crippen molar-refractivity contribution in [3.8, 4) is 22.8 Å². The predicted molar refractivity (Wildman–Crippen MR) is 149 cm³/mol. The molecule has 0 radical (unpaired) electrons. The molecule has 1 aliphatic rings. The summed E-state index contributed by atoms with van der Waals surface area (Å²) in [6.07, 6.45) is 10.7. The third kappa shape index (κ3) is 5.15. The topological polar surface area (TPSA) is 115 Å². The molecule has 1 fully saturated rings. The van der Waals surface area contributed by atoms with Gasteiger partial charge in [-0.3, -0.25) is 19.5 Å². The molecule has 0 aliphatic heterocycles. The van der Waals surface area contributed by atoms with Crippen molar-refractivity contribution >= 4 is 22.6 Å². The largest absolute Gasteiger partial charge is 0.439 e. The van der Waals surface area contributed by atoms with E-state index in [4.69, 9.17) is 26.1 Å². The molecule has 5 heterocycles. The van der Waals surface area contributed by atoms with Gasteiger partial charge in [0.25, 0.3) is 0 Å². The molecule has 0 amide bonds. The van der Waals surface area contributed by atoms with E-state index in [0.29, 0.717) is 51.5 Å². The first kappa shape index (κ1) is 26.3. The van der Waals surface area contributed by atoms with Gasteiger partial charge >= 0.3 is 5.76 Å². The van der Waals surface area contributed by atoms with Gasteiger partial charge in [-0.05, 0) is 49.4 Å². The molecule has 1 saturated carbocycles. The summed E-state index contributed by atoms with van der Waals surface area (Å²) in [4.78, 5) is 32.8. The van der Waals surface area contributed by atoms with Crippen LogP contribution in [0.5, 0.6) is 0 Å². The summed E-state index contributed by atoms with van der Waals surface area (Å²) in [5.74, 6) is 0.733. The number of hydrogen-bond acceptors (Lipinski definition) is 7. The van der Waals surface area contributed by atoms with Gasteiger partial charge in [-0.2, -0.15) is 0 Å². The maximum absolute atomic E-state index is 14.9. The maximum atomic E-state index is 14.9. The Labute approximate surface area is 234 Å². The Kier molecular flexibility index (Phi) is 7.18. The van der Waals surface area contributed by atoms with E-state index in [0.717, 1.165) is 17.9 Å². The molecule has 1 unspecified atom stereocenters. The number of aryl methyl sites for hydroxylation is 1. The lowest BCUT2D eigenvalue weighted by Gasteiger charge is -2.27. The molecule has 40 heavy (non-hydrogen) atoms. The normalized spacial score (nSPS) is 18.3. The molecule has 0 aromatic carbocycles. The monoisotopic (exact) mass is 561 g/mol. The minimum absolute atomic E-state index is 0.180. The van der Waals surface area contributed by atoms with Crippen LogP contribution in [0, 0.1) is 17.7 Å². The summed E-state index contributed by atoms with van der Waals surface area (Å²) < 4.78 is 21.8. The Morgan fingerprint density at radius 2 is 2.02 bits per heavy atom. The molecule has 0 saturated heterocycles. The summed E-state index contributed by atoms with van der Waals surface area (Å²) in [5.41, 5.74) is 3.37. The molecule has 1 N–H and O–H groups in total. The van der Waals surface area contributed by atoms with Crippen LogP contribution in [0.1, 0.15) is 63.4 Å². The molecule has 5 aromatic rings. The van der Waals surface area contributed by atoms with Crippen molar-refractivity contribution in [3.05, 3.63) is 75.8 Å². The van der Waals surface area contributed by atoms with Crippen molar-refractivity contribution in [1.82, 2.24) is 34.6 Å². The molecule has 0 spiro atoms. The highest BCUT2D eigenvalue weighted by atomic mass is 35.5. The highest BCUT2D eigenvalue weighted by Gasteiger charge is 2.27. The quantitative estimate of drug-likeness (QED) is 0.245. The van der Waals surface area contributed by atoms with E-state index in [2.05, 4.69) is 31.6 Å². The van der Waals surface area contributed by atoms with Crippen LogP contribution >= 0.6 is 11.6 Å². The molecule has 0 bridgehead atoms. The van der Waals surface area contributed by atoms with Crippen LogP contribution in [-0.4, -0.2) is 34.6 Å². The van der Waals surface area contributed by atoms with Crippen LogP contribution in [-0.2, 0) is 6.54 Å². The number of nitrogens with zero attached hydrogens (tertiary/aromatic N) is 6. The summed E-state index contributed by atoms with van der Waals surface area (Å²) in [5, 5.41) is 4.29. The predicted octanol–water partition coefficient (Wildman–Crippen LogP) is 6.39. The fraction of sp³-hybridized carbons (Fsp3) is 0.379. The van der Waals surface area contributed by atoms with Crippen LogP contribution in [0.15, 0.2) is 52.2 Å². The number of nitrogens with one attached hydrogen (secondary N) is 1. The van der Waals surface area contributed by atoms with E-state index in [9.17, 15) is 9.18 Å².